The first-order valence-corrected chi connectivity index (χ1v) is 7.96. The summed E-state index contributed by atoms with van der Waals surface area (Å²) in [6, 6.07) is 6.32. The number of hydrogen-bond acceptors (Lipinski definition) is 5. The molecule has 1 aromatic carbocycles. The third-order valence-corrected chi connectivity index (χ3v) is 3.94. The van der Waals surface area contributed by atoms with Crippen LogP contribution in [0, 0.1) is 0 Å². The van der Waals surface area contributed by atoms with Crippen LogP contribution in [-0.2, 0) is 14.8 Å². The van der Waals surface area contributed by atoms with Gasteiger partial charge in [0.15, 0.2) is 0 Å². The summed E-state index contributed by atoms with van der Waals surface area (Å²) in [4.78, 5) is -0.0111. The maximum absolute atomic E-state index is 11.5. The summed E-state index contributed by atoms with van der Waals surface area (Å²) in [5.74, 6) is 0.252. The average Bonchev–Trinajstić information content (AvgIpc) is 2.34. The van der Waals surface area contributed by atoms with E-state index in [1.165, 1.54) is 6.07 Å². The van der Waals surface area contributed by atoms with Gasteiger partial charge in [0.1, 0.15) is 23.4 Å². The number of hydrogen-bond donors (Lipinski definition) is 2. The van der Waals surface area contributed by atoms with E-state index in [0.29, 0.717) is 6.54 Å². The first-order chi connectivity index (χ1) is 9.28. The van der Waals surface area contributed by atoms with E-state index >= 15 is 0 Å². The van der Waals surface area contributed by atoms with E-state index < -0.39 is 10.0 Å². The minimum Gasteiger partial charge on any atom is -0.489 e. The Labute approximate surface area is 119 Å². The molecule has 0 saturated carbocycles. The van der Waals surface area contributed by atoms with Gasteiger partial charge in [-0.25, -0.2) is 13.6 Å². The third-order valence-electron chi connectivity index (χ3n) is 2.99. The van der Waals surface area contributed by atoms with Crippen molar-refractivity contribution in [2.75, 3.05) is 19.7 Å². The Morgan fingerprint density at radius 2 is 2.15 bits per heavy atom. The van der Waals surface area contributed by atoms with Crippen molar-refractivity contribution < 1.29 is 17.9 Å². The SMILES string of the molecule is CC1(C)CNCC(COc2ccccc2S(N)(=O)=O)O1. The third kappa shape index (κ3) is 3.92. The molecule has 1 fully saturated rings. The molecule has 1 aliphatic heterocycles. The monoisotopic (exact) mass is 300 g/mol. The van der Waals surface area contributed by atoms with Crippen molar-refractivity contribution in [2.45, 2.75) is 30.4 Å². The summed E-state index contributed by atoms with van der Waals surface area (Å²) in [5.41, 5.74) is -0.258. The summed E-state index contributed by atoms with van der Waals surface area (Å²) in [6.45, 7) is 5.69. The van der Waals surface area contributed by atoms with Gasteiger partial charge >= 0.3 is 0 Å². The summed E-state index contributed by atoms with van der Waals surface area (Å²) in [7, 11) is -3.79. The molecule has 20 heavy (non-hydrogen) atoms. The number of nitrogens with two attached hydrogens (primary N) is 1. The van der Waals surface area contributed by atoms with E-state index in [1.807, 2.05) is 13.8 Å². The predicted molar refractivity (Wildman–Crippen MR) is 75.1 cm³/mol. The van der Waals surface area contributed by atoms with Gasteiger partial charge in [0.25, 0.3) is 0 Å². The van der Waals surface area contributed by atoms with Gasteiger partial charge in [-0.15, -0.1) is 0 Å². The number of benzene rings is 1. The summed E-state index contributed by atoms with van der Waals surface area (Å²) in [6.07, 6.45) is -0.132. The Bertz CT molecular complexity index is 571. The van der Waals surface area contributed by atoms with Crippen molar-refractivity contribution in [1.29, 1.82) is 0 Å². The van der Waals surface area contributed by atoms with E-state index in [-0.39, 0.29) is 29.0 Å². The van der Waals surface area contributed by atoms with Crippen molar-refractivity contribution in [3.05, 3.63) is 24.3 Å². The lowest BCUT2D eigenvalue weighted by atomic mass is 10.1. The molecule has 1 heterocycles. The summed E-state index contributed by atoms with van der Waals surface area (Å²) in [5, 5.41) is 8.42. The Kier molecular flexibility index (Phi) is 4.33. The van der Waals surface area contributed by atoms with Crippen molar-refractivity contribution in [3.8, 4) is 5.75 Å². The van der Waals surface area contributed by atoms with E-state index in [9.17, 15) is 8.42 Å². The number of rotatable bonds is 4. The largest absolute Gasteiger partial charge is 0.489 e. The van der Waals surface area contributed by atoms with Gasteiger partial charge in [-0.3, -0.25) is 0 Å². The number of para-hydroxylation sites is 1. The van der Waals surface area contributed by atoms with Crippen LogP contribution in [0.25, 0.3) is 0 Å². The fourth-order valence-corrected chi connectivity index (χ4v) is 2.82. The van der Waals surface area contributed by atoms with Crippen molar-refractivity contribution in [3.63, 3.8) is 0 Å². The number of primary sulfonamides is 1. The van der Waals surface area contributed by atoms with Gasteiger partial charge in [0.05, 0.1) is 5.60 Å². The maximum Gasteiger partial charge on any atom is 0.241 e. The quantitative estimate of drug-likeness (QED) is 0.844. The molecule has 6 nitrogen and oxygen atoms in total. The fraction of sp³-hybridized carbons (Fsp3) is 0.538. The first-order valence-electron chi connectivity index (χ1n) is 6.41. The zero-order chi connectivity index (χ0) is 14.8. The topological polar surface area (TPSA) is 90.6 Å². The zero-order valence-corrected chi connectivity index (χ0v) is 12.4. The van der Waals surface area contributed by atoms with Crippen LogP contribution in [0.1, 0.15) is 13.8 Å². The number of morpholine rings is 1. The Balaban J connectivity index is 2.05. The molecule has 0 aromatic heterocycles. The average molecular weight is 300 g/mol. The lowest BCUT2D eigenvalue weighted by Gasteiger charge is -2.36. The number of nitrogens with one attached hydrogen (secondary N) is 1. The molecule has 7 heteroatoms. The molecular weight excluding hydrogens is 280 g/mol. The van der Waals surface area contributed by atoms with Gasteiger partial charge in [-0.1, -0.05) is 12.1 Å². The lowest BCUT2D eigenvalue weighted by molar-refractivity contribution is -0.107. The van der Waals surface area contributed by atoms with Gasteiger partial charge in [-0.05, 0) is 26.0 Å². The van der Waals surface area contributed by atoms with Crippen LogP contribution in [0.2, 0.25) is 0 Å². The summed E-state index contributed by atoms with van der Waals surface area (Å²) >= 11 is 0. The van der Waals surface area contributed by atoms with Crippen molar-refractivity contribution in [2.24, 2.45) is 5.14 Å². The molecule has 0 amide bonds. The van der Waals surface area contributed by atoms with E-state index in [2.05, 4.69) is 5.32 Å². The van der Waals surface area contributed by atoms with Crippen LogP contribution < -0.4 is 15.2 Å². The minimum absolute atomic E-state index is 0.0111. The van der Waals surface area contributed by atoms with Crippen LogP contribution >= 0.6 is 0 Å². The molecule has 0 radical (unpaired) electrons. The lowest BCUT2D eigenvalue weighted by Crippen LogP contribution is -2.52. The Morgan fingerprint density at radius 1 is 1.45 bits per heavy atom. The molecule has 1 saturated heterocycles. The zero-order valence-electron chi connectivity index (χ0n) is 11.6. The summed E-state index contributed by atoms with van der Waals surface area (Å²) < 4.78 is 34.3. The van der Waals surface area contributed by atoms with Crippen LogP contribution in [-0.4, -0.2) is 39.8 Å². The molecule has 0 bridgehead atoms. The van der Waals surface area contributed by atoms with E-state index in [4.69, 9.17) is 14.6 Å². The highest BCUT2D eigenvalue weighted by Crippen LogP contribution is 2.23. The molecule has 3 N–H and O–H groups in total. The van der Waals surface area contributed by atoms with Gasteiger partial charge in [0.2, 0.25) is 10.0 Å². The second-order valence-electron chi connectivity index (χ2n) is 5.43. The van der Waals surface area contributed by atoms with Crippen LogP contribution in [0.4, 0.5) is 0 Å². The van der Waals surface area contributed by atoms with Gasteiger partial charge in [0, 0.05) is 13.1 Å². The molecule has 1 aliphatic rings. The smallest absolute Gasteiger partial charge is 0.241 e. The van der Waals surface area contributed by atoms with Crippen molar-refractivity contribution >= 4 is 10.0 Å². The van der Waals surface area contributed by atoms with Crippen LogP contribution in [0.15, 0.2) is 29.2 Å². The molecule has 0 spiro atoms. The second-order valence-corrected chi connectivity index (χ2v) is 6.96. The van der Waals surface area contributed by atoms with Gasteiger partial charge < -0.3 is 14.8 Å². The fourth-order valence-electron chi connectivity index (χ4n) is 2.15. The highest BCUT2D eigenvalue weighted by Gasteiger charge is 2.29. The highest BCUT2D eigenvalue weighted by molar-refractivity contribution is 7.89. The molecule has 2 rings (SSSR count). The minimum atomic E-state index is -3.79. The molecule has 1 aromatic rings. The van der Waals surface area contributed by atoms with Crippen LogP contribution in [0.5, 0.6) is 5.75 Å². The maximum atomic E-state index is 11.5. The number of sulfonamides is 1. The Hall–Kier alpha value is -1.15. The highest BCUT2D eigenvalue weighted by atomic mass is 32.2. The normalized spacial score (nSPS) is 22.4. The molecule has 0 aliphatic carbocycles. The molecule has 1 unspecified atom stereocenters. The van der Waals surface area contributed by atoms with Gasteiger partial charge in [-0.2, -0.15) is 0 Å². The molecule has 112 valence electrons. The number of ether oxygens (including phenoxy) is 2. The standard InChI is InChI=1S/C13H20N2O4S/c1-13(2)9-15-7-10(19-13)8-18-11-5-3-4-6-12(11)20(14,16)17/h3-6,10,15H,7-9H2,1-2H3,(H2,14,16,17). The van der Waals surface area contributed by atoms with E-state index in [0.717, 1.165) is 6.54 Å². The van der Waals surface area contributed by atoms with Crippen molar-refractivity contribution in [1.82, 2.24) is 5.32 Å². The second kappa shape index (κ2) is 5.69. The van der Waals surface area contributed by atoms with E-state index in [1.54, 1.807) is 18.2 Å². The first kappa shape index (κ1) is 15.2. The predicted octanol–water partition coefficient (Wildman–Crippen LogP) is 0.480. The van der Waals surface area contributed by atoms with Crippen LogP contribution in [0.3, 0.4) is 0 Å². The Morgan fingerprint density at radius 3 is 2.80 bits per heavy atom. The molecular formula is C13H20N2O4S. The molecule has 1 atom stereocenters.